The Morgan fingerprint density at radius 3 is 2.86 bits per heavy atom. The second-order valence-electron chi connectivity index (χ2n) is 6.05. The Kier molecular flexibility index (Phi) is 6.58. The van der Waals surface area contributed by atoms with Gasteiger partial charge in [0.15, 0.2) is 0 Å². The molecule has 1 amide bonds. The van der Waals surface area contributed by atoms with Crippen LogP contribution in [-0.4, -0.2) is 30.4 Å². The van der Waals surface area contributed by atoms with Crippen molar-refractivity contribution in [1.29, 1.82) is 0 Å². The summed E-state index contributed by atoms with van der Waals surface area (Å²) in [5, 5.41) is 3.49. The fourth-order valence-electron chi connectivity index (χ4n) is 2.96. The molecule has 0 aromatic heterocycles. The molecule has 1 aromatic rings. The summed E-state index contributed by atoms with van der Waals surface area (Å²) in [6.07, 6.45) is 6.47. The van der Waals surface area contributed by atoms with E-state index in [2.05, 4.69) is 29.3 Å². The highest BCUT2D eigenvalue weighted by atomic mass is 16.2. The maximum absolute atomic E-state index is 12.2. The lowest BCUT2D eigenvalue weighted by atomic mass is 9.97. The molecule has 2 rings (SSSR count). The van der Waals surface area contributed by atoms with Crippen LogP contribution < -0.4 is 5.32 Å². The van der Waals surface area contributed by atoms with Gasteiger partial charge in [0.2, 0.25) is 5.91 Å². The summed E-state index contributed by atoms with van der Waals surface area (Å²) in [6.45, 7) is 5.01. The Bertz CT molecular complexity index is 418. The molecule has 1 aliphatic rings. The summed E-state index contributed by atoms with van der Waals surface area (Å²) in [5.41, 5.74) is 1.17. The van der Waals surface area contributed by atoms with Crippen LogP contribution in [0, 0.1) is 5.92 Å². The molecule has 0 saturated carbocycles. The van der Waals surface area contributed by atoms with Crippen LogP contribution in [0.25, 0.3) is 0 Å². The monoisotopic (exact) mass is 288 g/mol. The topological polar surface area (TPSA) is 32.3 Å². The molecule has 0 spiro atoms. The molecule has 1 heterocycles. The molecule has 1 atom stereocenters. The highest BCUT2D eigenvalue weighted by molar-refractivity contribution is 5.76. The van der Waals surface area contributed by atoms with Crippen molar-refractivity contribution in [3.63, 3.8) is 0 Å². The van der Waals surface area contributed by atoms with Crippen LogP contribution in [0.2, 0.25) is 0 Å². The van der Waals surface area contributed by atoms with Crippen molar-refractivity contribution in [2.75, 3.05) is 25.0 Å². The second kappa shape index (κ2) is 8.71. The number of amides is 1. The summed E-state index contributed by atoms with van der Waals surface area (Å²) in [7, 11) is 0. The minimum absolute atomic E-state index is 0.355. The van der Waals surface area contributed by atoms with Gasteiger partial charge in [-0.25, -0.2) is 0 Å². The molecule has 0 aliphatic carbocycles. The first kappa shape index (κ1) is 15.9. The lowest BCUT2D eigenvalue weighted by molar-refractivity contribution is -0.133. The molecule has 1 unspecified atom stereocenters. The Labute approximate surface area is 128 Å². The van der Waals surface area contributed by atoms with Crippen LogP contribution in [-0.2, 0) is 4.79 Å². The fraction of sp³-hybridized carbons (Fsp3) is 0.611. The number of unbranched alkanes of at least 4 members (excludes halogenated alkanes) is 2. The van der Waals surface area contributed by atoms with Crippen molar-refractivity contribution in [3.05, 3.63) is 30.3 Å². The lowest BCUT2D eigenvalue weighted by Gasteiger charge is -2.33. The number of hydrogen-bond acceptors (Lipinski definition) is 2. The fourth-order valence-corrected chi connectivity index (χ4v) is 2.96. The molecule has 21 heavy (non-hydrogen) atoms. The van der Waals surface area contributed by atoms with E-state index < -0.39 is 0 Å². The van der Waals surface area contributed by atoms with Crippen LogP contribution in [0.15, 0.2) is 30.3 Å². The third-order valence-corrected chi connectivity index (χ3v) is 4.23. The van der Waals surface area contributed by atoms with E-state index in [1.54, 1.807) is 0 Å². The van der Waals surface area contributed by atoms with Gasteiger partial charge < -0.3 is 10.2 Å². The predicted molar refractivity (Wildman–Crippen MR) is 88.4 cm³/mol. The first-order valence-corrected chi connectivity index (χ1v) is 8.36. The molecular formula is C18H28N2O. The largest absolute Gasteiger partial charge is 0.385 e. The molecule has 1 aromatic carbocycles. The average Bonchev–Trinajstić information content (AvgIpc) is 2.54. The van der Waals surface area contributed by atoms with E-state index in [9.17, 15) is 4.79 Å². The van der Waals surface area contributed by atoms with Gasteiger partial charge in [-0.1, -0.05) is 38.0 Å². The SMILES string of the molecule is CCCCCC(=O)N1CCCC(CNc2ccccc2)C1. The second-order valence-corrected chi connectivity index (χ2v) is 6.05. The smallest absolute Gasteiger partial charge is 0.222 e. The zero-order valence-corrected chi connectivity index (χ0v) is 13.2. The first-order valence-electron chi connectivity index (χ1n) is 8.36. The predicted octanol–water partition coefficient (Wildman–Crippen LogP) is 3.92. The number of rotatable bonds is 7. The number of anilines is 1. The van der Waals surface area contributed by atoms with E-state index in [0.29, 0.717) is 11.8 Å². The molecule has 1 fully saturated rings. The number of piperidine rings is 1. The normalized spacial score (nSPS) is 18.5. The van der Waals surface area contributed by atoms with Crippen molar-refractivity contribution in [1.82, 2.24) is 4.90 Å². The van der Waals surface area contributed by atoms with Crippen molar-refractivity contribution >= 4 is 11.6 Å². The number of carbonyl (C=O) groups excluding carboxylic acids is 1. The summed E-state index contributed by atoms with van der Waals surface area (Å²) in [4.78, 5) is 14.3. The number of benzene rings is 1. The summed E-state index contributed by atoms with van der Waals surface area (Å²) < 4.78 is 0. The number of likely N-dealkylation sites (tertiary alicyclic amines) is 1. The van der Waals surface area contributed by atoms with Crippen LogP contribution in [0.5, 0.6) is 0 Å². The van der Waals surface area contributed by atoms with Gasteiger partial charge in [-0.15, -0.1) is 0 Å². The molecule has 1 N–H and O–H groups in total. The molecule has 0 radical (unpaired) electrons. The number of carbonyl (C=O) groups is 1. The van der Waals surface area contributed by atoms with E-state index in [1.807, 2.05) is 18.2 Å². The quantitative estimate of drug-likeness (QED) is 0.771. The molecule has 1 saturated heterocycles. The highest BCUT2D eigenvalue weighted by Crippen LogP contribution is 2.19. The standard InChI is InChI=1S/C18H28N2O/c1-2-3-5-12-18(21)20-13-8-9-16(15-20)14-19-17-10-6-4-7-11-17/h4,6-7,10-11,16,19H,2-3,5,8-9,12-15H2,1H3. The molecular weight excluding hydrogens is 260 g/mol. The summed E-state index contributed by atoms with van der Waals surface area (Å²) >= 11 is 0. The first-order chi connectivity index (χ1) is 10.3. The number of nitrogens with one attached hydrogen (secondary N) is 1. The van der Waals surface area contributed by atoms with E-state index in [4.69, 9.17) is 0 Å². The molecule has 3 heteroatoms. The minimum atomic E-state index is 0.355. The zero-order chi connectivity index (χ0) is 14.9. The van der Waals surface area contributed by atoms with Crippen molar-refractivity contribution in [3.8, 4) is 0 Å². The van der Waals surface area contributed by atoms with E-state index in [-0.39, 0.29) is 0 Å². The van der Waals surface area contributed by atoms with Gasteiger partial charge in [0.25, 0.3) is 0 Å². The third kappa shape index (κ3) is 5.41. The van der Waals surface area contributed by atoms with Gasteiger partial charge in [0, 0.05) is 31.7 Å². The summed E-state index contributed by atoms with van der Waals surface area (Å²) in [5.74, 6) is 0.932. The van der Waals surface area contributed by atoms with Gasteiger partial charge in [0.05, 0.1) is 0 Å². The van der Waals surface area contributed by atoms with E-state index >= 15 is 0 Å². The van der Waals surface area contributed by atoms with Gasteiger partial charge in [-0.3, -0.25) is 4.79 Å². The minimum Gasteiger partial charge on any atom is -0.385 e. The number of nitrogens with zero attached hydrogens (tertiary/aromatic N) is 1. The Balaban J connectivity index is 1.74. The third-order valence-electron chi connectivity index (χ3n) is 4.23. The van der Waals surface area contributed by atoms with Crippen LogP contribution in [0.3, 0.4) is 0 Å². The Morgan fingerprint density at radius 1 is 1.29 bits per heavy atom. The van der Waals surface area contributed by atoms with Crippen LogP contribution in [0.4, 0.5) is 5.69 Å². The van der Waals surface area contributed by atoms with Crippen LogP contribution in [0.1, 0.15) is 45.4 Å². The molecule has 1 aliphatic heterocycles. The Morgan fingerprint density at radius 2 is 2.10 bits per heavy atom. The molecule has 0 bridgehead atoms. The van der Waals surface area contributed by atoms with Gasteiger partial charge in [-0.05, 0) is 37.3 Å². The zero-order valence-electron chi connectivity index (χ0n) is 13.2. The summed E-state index contributed by atoms with van der Waals surface area (Å²) in [6, 6.07) is 10.3. The van der Waals surface area contributed by atoms with Crippen molar-refractivity contribution < 1.29 is 4.79 Å². The van der Waals surface area contributed by atoms with Gasteiger partial charge in [-0.2, -0.15) is 0 Å². The number of para-hydroxylation sites is 1. The number of hydrogen-bond donors (Lipinski definition) is 1. The van der Waals surface area contributed by atoms with Crippen molar-refractivity contribution in [2.24, 2.45) is 5.92 Å². The van der Waals surface area contributed by atoms with E-state index in [1.165, 1.54) is 24.9 Å². The van der Waals surface area contributed by atoms with E-state index in [0.717, 1.165) is 38.9 Å². The maximum Gasteiger partial charge on any atom is 0.222 e. The van der Waals surface area contributed by atoms with Crippen LogP contribution >= 0.6 is 0 Å². The molecule has 116 valence electrons. The lowest BCUT2D eigenvalue weighted by Crippen LogP contribution is -2.41. The highest BCUT2D eigenvalue weighted by Gasteiger charge is 2.22. The molecule has 3 nitrogen and oxygen atoms in total. The average molecular weight is 288 g/mol. The van der Waals surface area contributed by atoms with Gasteiger partial charge in [0.1, 0.15) is 0 Å². The maximum atomic E-state index is 12.2. The van der Waals surface area contributed by atoms with Crippen molar-refractivity contribution in [2.45, 2.75) is 45.4 Å². The van der Waals surface area contributed by atoms with Gasteiger partial charge >= 0.3 is 0 Å². The Hall–Kier alpha value is -1.51.